The van der Waals surface area contributed by atoms with Crippen molar-refractivity contribution in [1.29, 1.82) is 0 Å². The summed E-state index contributed by atoms with van der Waals surface area (Å²) >= 11 is 1.63. The standard InChI is InChI=1S/C37H38N8O6S/c1-50-36(48)40-20-31(46)44-13-3-4-30(44)33-38-19-29(42-33)27-12-11-25-16-24(9-10-26(25)17-27)22-5-7-23(8-6-22)28-18-39-34(43-28)35-45(14-15-52-35)32(47)21-41-37(49)51-2/h5-12,16-19,30,35H,3-4,13-15,20-21H2,1-2H3,(H,38,42)(H,39,43)(H,40,48)(H,41,49)/t30-,35-/m0/s1. The number of alkyl carbamates (subject to hydrolysis) is 2. The molecule has 52 heavy (non-hydrogen) atoms. The Morgan fingerprint density at radius 2 is 1.29 bits per heavy atom. The van der Waals surface area contributed by atoms with Gasteiger partial charge < -0.3 is 39.9 Å². The summed E-state index contributed by atoms with van der Waals surface area (Å²) in [5.41, 5.74) is 5.85. The molecule has 2 saturated heterocycles. The van der Waals surface area contributed by atoms with Crippen LogP contribution in [0.3, 0.4) is 0 Å². The van der Waals surface area contributed by atoms with Crippen molar-refractivity contribution >= 4 is 46.5 Å². The molecule has 5 aromatic rings. The average Bonchev–Trinajstić information content (AvgIpc) is 4.02. The maximum absolute atomic E-state index is 12.8. The molecule has 0 spiro atoms. The van der Waals surface area contributed by atoms with Crippen molar-refractivity contribution in [3.05, 3.63) is 84.7 Å². The highest BCUT2D eigenvalue weighted by molar-refractivity contribution is 7.99. The SMILES string of the molecule is COC(=O)NCC(=O)N1CCC[C@H]1c1ncc(-c2ccc3cc(-c4ccc(-c5cnc([C@@H]6SCCN6C(=O)CNC(=O)OC)[nH]5)cc4)ccc3c2)[nH]1. The van der Waals surface area contributed by atoms with Gasteiger partial charge in [-0.15, -0.1) is 11.8 Å². The number of hydrogen-bond donors (Lipinski definition) is 4. The van der Waals surface area contributed by atoms with E-state index >= 15 is 0 Å². The number of fused-ring (bicyclic) bond motifs is 1. The Labute approximate surface area is 303 Å². The third-order valence-electron chi connectivity index (χ3n) is 9.34. The first-order chi connectivity index (χ1) is 25.3. The second-order valence-corrected chi connectivity index (χ2v) is 13.7. The molecule has 4 amide bonds. The molecule has 2 aliphatic heterocycles. The molecule has 2 fully saturated rings. The van der Waals surface area contributed by atoms with Gasteiger partial charge in [0.05, 0.1) is 44.0 Å². The van der Waals surface area contributed by atoms with E-state index in [2.05, 4.69) is 101 Å². The number of thioether (sulfide) groups is 1. The normalized spacial score (nSPS) is 17.0. The molecule has 0 aliphatic carbocycles. The number of H-pyrrole nitrogens is 2. The van der Waals surface area contributed by atoms with Crippen molar-refractivity contribution in [2.45, 2.75) is 24.3 Å². The molecule has 268 valence electrons. The molecule has 2 atom stereocenters. The quantitative estimate of drug-likeness (QED) is 0.159. The number of rotatable bonds is 9. The first-order valence-electron chi connectivity index (χ1n) is 16.9. The van der Waals surface area contributed by atoms with Crippen molar-refractivity contribution in [2.24, 2.45) is 0 Å². The summed E-state index contributed by atoms with van der Waals surface area (Å²) in [4.78, 5) is 67.9. The van der Waals surface area contributed by atoms with E-state index in [1.807, 2.05) is 0 Å². The van der Waals surface area contributed by atoms with Gasteiger partial charge >= 0.3 is 12.2 Å². The van der Waals surface area contributed by atoms with Crippen LogP contribution < -0.4 is 10.6 Å². The molecule has 0 unspecified atom stereocenters. The largest absolute Gasteiger partial charge is 0.453 e. The van der Waals surface area contributed by atoms with Crippen LogP contribution in [-0.4, -0.2) is 99.9 Å². The summed E-state index contributed by atoms with van der Waals surface area (Å²) in [7, 11) is 2.53. The number of nitrogens with one attached hydrogen (secondary N) is 4. The van der Waals surface area contributed by atoms with Gasteiger partial charge in [0, 0.05) is 24.4 Å². The molecule has 0 saturated carbocycles. The number of imidazole rings is 2. The molecule has 3 aromatic carbocycles. The van der Waals surface area contributed by atoms with Crippen LogP contribution in [0.2, 0.25) is 0 Å². The Morgan fingerprint density at radius 1 is 0.731 bits per heavy atom. The molecule has 2 aromatic heterocycles. The van der Waals surface area contributed by atoms with E-state index in [4.69, 9.17) is 0 Å². The number of carbonyl (C=O) groups excluding carboxylic acids is 4. The monoisotopic (exact) mass is 722 g/mol. The predicted octanol–water partition coefficient (Wildman–Crippen LogP) is 5.24. The lowest BCUT2D eigenvalue weighted by atomic mass is 9.98. The Morgan fingerprint density at radius 3 is 1.98 bits per heavy atom. The van der Waals surface area contributed by atoms with Crippen LogP contribution in [0.15, 0.2) is 73.1 Å². The topological polar surface area (TPSA) is 175 Å². The number of benzene rings is 3. The molecular weight excluding hydrogens is 685 g/mol. The van der Waals surface area contributed by atoms with Gasteiger partial charge in [-0.05, 0) is 52.4 Å². The average molecular weight is 723 g/mol. The lowest BCUT2D eigenvalue weighted by Crippen LogP contribution is -2.40. The van der Waals surface area contributed by atoms with Crippen molar-refractivity contribution in [2.75, 3.05) is 46.2 Å². The van der Waals surface area contributed by atoms with Crippen LogP contribution in [0, 0.1) is 0 Å². The van der Waals surface area contributed by atoms with Crippen molar-refractivity contribution in [3.8, 4) is 33.6 Å². The van der Waals surface area contributed by atoms with Gasteiger partial charge in [-0.3, -0.25) is 9.59 Å². The van der Waals surface area contributed by atoms with E-state index in [0.717, 1.165) is 68.8 Å². The second-order valence-electron chi connectivity index (χ2n) is 12.5. The summed E-state index contributed by atoms with van der Waals surface area (Å²) < 4.78 is 9.15. The summed E-state index contributed by atoms with van der Waals surface area (Å²) in [5.74, 6) is 1.82. The van der Waals surface area contributed by atoms with Crippen molar-refractivity contribution in [1.82, 2.24) is 40.4 Å². The minimum Gasteiger partial charge on any atom is -0.453 e. The van der Waals surface area contributed by atoms with Crippen LogP contribution in [-0.2, 0) is 19.1 Å². The first-order valence-corrected chi connectivity index (χ1v) is 17.9. The predicted molar refractivity (Wildman–Crippen MR) is 196 cm³/mol. The van der Waals surface area contributed by atoms with Crippen LogP contribution in [0.1, 0.15) is 35.9 Å². The first kappa shape index (κ1) is 34.6. The maximum Gasteiger partial charge on any atom is 0.407 e. The number of carbonyl (C=O) groups is 4. The zero-order chi connectivity index (χ0) is 36.2. The zero-order valence-electron chi connectivity index (χ0n) is 28.7. The Balaban J connectivity index is 1.01. The highest BCUT2D eigenvalue weighted by Crippen LogP contribution is 2.38. The zero-order valence-corrected chi connectivity index (χ0v) is 29.5. The summed E-state index contributed by atoms with van der Waals surface area (Å²) in [6.07, 6.45) is 3.96. The lowest BCUT2D eigenvalue weighted by molar-refractivity contribution is -0.131. The molecule has 15 heteroatoms. The van der Waals surface area contributed by atoms with Crippen LogP contribution >= 0.6 is 11.8 Å². The Hall–Kier alpha value is -5.83. The van der Waals surface area contributed by atoms with Gasteiger partial charge in [-0.1, -0.05) is 48.5 Å². The summed E-state index contributed by atoms with van der Waals surface area (Å²) in [5, 5.41) is 6.85. The Bertz CT molecular complexity index is 2110. The highest BCUT2D eigenvalue weighted by Gasteiger charge is 2.33. The number of likely N-dealkylation sites (tertiary alicyclic amines) is 1. The second kappa shape index (κ2) is 15.2. The van der Waals surface area contributed by atoms with E-state index in [9.17, 15) is 19.2 Å². The van der Waals surface area contributed by atoms with E-state index < -0.39 is 12.2 Å². The van der Waals surface area contributed by atoms with E-state index in [-0.39, 0.29) is 36.3 Å². The number of methoxy groups -OCH3 is 2. The van der Waals surface area contributed by atoms with Crippen molar-refractivity contribution in [3.63, 3.8) is 0 Å². The molecule has 7 rings (SSSR count). The minimum atomic E-state index is -0.642. The lowest BCUT2D eigenvalue weighted by Gasteiger charge is -2.23. The van der Waals surface area contributed by atoms with Crippen molar-refractivity contribution < 1.29 is 28.7 Å². The Kier molecular flexibility index (Phi) is 10.1. The van der Waals surface area contributed by atoms with E-state index in [1.165, 1.54) is 14.2 Å². The van der Waals surface area contributed by atoms with Gasteiger partial charge in [0.2, 0.25) is 11.8 Å². The van der Waals surface area contributed by atoms with E-state index in [1.54, 1.807) is 34.0 Å². The fourth-order valence-electron chi connectivity index (χ4n) is 6.64. The summed E-state index contributed by atoms with van der Waals surface area (Å²) in [6.45, 7) is 0.920. The molecular formula is C37H38N8O6S. The number of ether oxygens (including phenoxy) is 2. The smallest absolute Gasteiger partial charge is 0.407 e. The number of amides is 4. The summed E-state index contributed by atoms with van der Waals surface area (Å²) in [6, 6.07) is 20.8. The van der Waals surface area contributed by atoms with Crippen LogP contribution in [0.5, 0.6) is 0 Å². The number of aromatic amines is 2. The fraction of sp³-hybridized carbons (Fsp3) is 0.297. The molecule has 4 heterocycles. The molecule has 4 N–H and O–H groups in total. The van der Waals surface area contributed by atoms with Crippen LogP contribution in [0.4, 0.5) is 9.59 Å². The number of aromatic nitrogens is 4. The van der Waals surface area contributed by atoms with Crippen LogP contribution in [0.25, 0.3) is 44.4 Å². The molecule has 2 aliphatic rings. The minimum absolute atomic E-state index is 0.123. The highest BCUT2D eigenvalue weighted by atomic mass is 32.2. The molecule has 14 nitrogen and oxygen atoms in total. The number of nitrogens with zero attached hydrogens (tertiary/aromatic N) is 4. The van der Waals surface area contributed by atoms with Gasteiger partial charge in [-0.25, -0.2) is 19.6 Å². The van der Waals surface area contributed by atoms with Gasteiger partial charge in [0.25, 0.3) is 0 Å². The third-order valence-corrected chi connectivity index (χ3v) is 10.6. The maximum atomic E-state index is 12.8. The number of hydrogen-bond acceptors (Lipinski definition) is 9. The molecule has 0 bridgehead atoms. The van der Waals surface area contributed by atoms with Gasteiger partial charge in [0.15, 0.2) is 0 Å². The third kappa shape index (κ3) is 7.30. The van der Waals surface area contributed by atoms with Gasteiger partial charge in [-0.2, -0.15) is 0 Å². The molecule has 0 radical (unpaired) electrons. The van der Waals surface area contributed by atoms with E-state index in [0.29, 0.717) is 18.9 Å². The fourth-order valence-corrected chi connectivity index (χ4v) is 7.85. The van der Waals surface area contributed by atoms with Gasteiger partial charge in [0.1, 0.15) is 30.1 Å².